The van der Waals surface area contributed by atoms with Crippen LogP contribution in [0, 0.1) is 5.92 Å². The van der Waals surface area contributed by atoms with Crippen LogP contribution in [0.1, 0.15) is 12.5 Å². The lowest BCUT2D eigenvalue weighted by atomic mass is 9.82. The summed E-state index contributed by atoms with van der Waals surface area (Å²) < 4.78 is 0. The Morgan fingerprint density at radius 2 is 2.24 bits per heavy atom. The van der Waals surface area contributed by atoms with Crippen LogP contribution >= 0.6 is 11.6 Å². The number of hydrogen-bond donors (Lipinski definition) is 1. The van der Waals surface area contributed by atoms with Gasteiger partial charge >= 0.3 is 5.97 Å². The summed E-state index contributed by atoms with van der Waals surface area (Å²) in [5.41, 5.74) is 1.84. The van der Waals surface area contributed by atoms with Gasteiger partial charge in [0, 0.05) is 42.7 Å². The molecule has 25 heavy (non-hydrogen) atoms. The number of nitrogens with zero attached hydrogens (tertiary/aromatic N) is 3. The molecule has 4 rings (SSSR count). The summed E-state index contributed by atoms with van der Waals surface area (Å²) in [5, 5.41) is 11.1. The summed E-state index contributed by atoms with van der Waals surface area (Å²) in [7, 11) is 0. The van der Waals surface area contributed by atoms with Gasteiger partial charge in [0.25, 0.3) is 0 Å². The third-order valence-electron chi connectivity index (χ3n) is 4.89. The second kappa shape index (κ2) is 5.70. The molecule has 0 aliphatic carbocycles. The van der Waals surface area contributed by atoms with Gasteiger partial charge in [-0.05, 0) is 30.7 Å². The molecule has 0 spiro atoms. The van der Waals surface area contributed by atoms with Crippen molar-refractivity contribution in [1.29, 1.82) is 0 Å². The molecule has 2 unspecified atom stereocenters. The van der Waals surface area contributed by atoms with Gasteiger partial charge in [-0.3, -0.25) is 9.98 Å². The third-order valence-corrected chi connectivity index (χ3v) is 5.10. The molecule has 1 aromatic carbocycles. The zero-order valence-electron chi connectivity index (χ0n) is 13.6. The van der Waals surface area contributed by atoms with Gasteiger partial charge in [0.2, 0.25) is 0 Å². The van der Waals surface area contributed by atoms with Crippen LogP contribution in [0.15, 0.2) is 59.5 Å². The fourth-order valence-corrected chi connectivity index (χ4v) is 3.68. The van der Waals surface area contributed by atoms with Crippen molar-refractivity contribution in [2.45, 2.75) is 19.0 Å². The number of aromatic nitrogens is 1. The van der Waals surface area contributed by atoms with Crippen molar-refractivity contribution in [2.75, 3.05) is 0 Å². The average molecular weight is 354 g/mol. The number of carboxylic acid groups (broad SMARTS) is 1. The first kappa shape index (κ1) is 15.8. The van der Waals surface area contributed by atoms with Gasteiger partial charge in [-0.2, -0.15) is 0 Å². The van der Waals surface area contributed by atoms with Crippen LogP contribution in [0.5, 0.6) is 0 Å². The molecule has 2 aliphatic heterocycles. The molecule has 2 aliphatic rings. The molecule has 0 radical (unpaired) electrons. The summed E-state index contributed by atoms with van der Waals surface area (Å²) in [6.07, 6.45) is 8.70. The highest BCUT2D eigenvalue weighted by Crippen LogP contribution is 2.40. The molecular weight excluding hydrogens is 338 g/mol. The normalized spacial score (nSPS) is 24.5. The highest BCUT2D eigenvalue weighted by Gasteiger charge is 2.46. The molecule has 0 saturated carbocycles. The summed E-state index contributed by atoms with van der Waals surface area (Å²) >= 11 is 6.04. The van der Waals surface area contributed by atoms with E-state index < -0.39 is 11.5 Å². The smallest absolute Gasteiger partial charge is 0.333 e. The van der Waals surface area contributed by atoms with Gasteiger partial charge < -0.3 is 10.0 Å². The van der Waals surface area contributed by atoms with E-state index in [4.69, 9.17) is 11.6 Å². The standard InChI is InChI=1S/C19H16ClN3O2/c1-19-11-21-5-4-16(19)15(18(24)25)10-23(19)9-12-2-3-17-13(6-12)7-14(20)8-22-17/h2-8,10-11,16H,9H2,1H3,(H,24,25). The van der Waals surface area contributed by atoms with Crippen molar-refractivity contribution in [3.05, 3.63) is 65.1 Å². The predicted octanol–water partition coefficient (Wildman–Crippen LogP) is 3.65. The maximum Gasteiger partial charge on any atom is 0.333 e. The molecule has 3 heterocycles. The lowest BCUT2D eigenvalue weighted by Gasteiger charge is -2.38. The first-order chi connectivity index (χ1) is 12.0. The number of fused-ring (bicyclic) bond motifs is 2. The van der Waals surface area contributed by atoms with E-state index in [-0.39, 0.29) is 5.92 Å². The van der Waals surface area contributed by atoms with Crippen LogP contribution in [0.4, 0.5) is 0 Å². The van der Waals surface area contributed by atoms with Gasteiger partial charge in [0.05, 0.1) is 21.7 Å². The molecule has 6 heteroatoms. The van der Waals surface area contributed by atoms with E-state index in [1.54, 1.807) is 18.6 Å². The van der Waals surface area contributed by atoms with Gasteiger partial charge in [0.1, 0.15) is 0 Å². The SMILES string of the molecule is CC12C=NC=CC1C(C(=O)O)=CN2Cc1ccc2ncc(Cl)cc2c1. The van der Waals surface area contributed by atoms with Crippen LogP contribution in [-0.2, 0) is 11.3 Å². The molecule has 0 amide bonds. The van der Waals surface area contributed by atoms with Crippen molar-refractivity contribution < 1.29 is 9.90 Å². The van der Waals surface area contributed by atoms with E-state index in [2.05, 4.69) is 9.98 Å². The fraction of sp³-hybridized carbons (Fsp3) is 0.211. The number of carbonyl (C=O) groups is 1. The predicted molar refractivity (Wildman–Crippen MR) is 97.5 cm³/mol. The van der Waals surface area contributed by atoms with Crippen LogP contribution in [0.2, 0.25) is 5.02 Å². The zero-order valence-corrected chi connectivity index (χ0v) is 14.3. The average Bonchev–Trinajstić information content (AvgIpc) is 2.87. The monoisotopic (exact) mass is 353 g/mol. The van der Waals surface area contributed by atoms with Crippen molar-refractivity contribution in [1.82, 2.24) is 9.88 Å². The van der Waals surface area contributed by atoms with Crippen LogP contribution in [0.3, 0.4) is 0 Å². The topological polar surface area (TPSA) is 65.8 Å². The third kappa shape index (κ3) is 2.61. The highest BCUT2D eigenvalue weighted by molar-refractivity contribution is 6.31. The van der Waals surface area contributed by atoms with Crippen LogP contribution < -0.4 is 0 Å². The Morgan fingerprint density at radius 3 is 3.04 bits per heavy atom. The molecule has 2 atom stereocenters. The van der Waals surface area contributed by atoms with E-state index in [0.29, 0.717) is 17.1 Å². The van der Waals surface area contributed by atoms with Crippen molar-refractivity contribution >= 4 is 34.7 Å². The highest BCUT2D eigenvalue weighted by atomic mass is 35.5. The van der Waals surface area contributed by atoms with Crippen molar-refractivity contribution in [2.24, 2.45) is 10.9 Å². The zero-order chi connectivity index (χ0) is 17.6. The van der Waals surface area contributed by atoms with Gasteiger partial charge in [-0.25, -0.2) is 4.79 Å². The Kier molecular flexibility index (Phi) is 3.62. The number of rotatable bonds is 3. The summed E-state index contributed by atoms with van der Waals surface area (Å²) in [5.74, 6) is -1.10. The number of halogens is 1. The molecule has 1 aromatic heterocycles. The maximum atomic E-state index is 11.6. The van der Waals surface area contributed by atoms with Crippen LogP contribution in [0.25, 0.3) is 10.9 Å². The second-order valence-corrected chi connectivity index (χ2v) is 6.96. The number of aliphatic carboxylic acids is 1. The van der Waals surface area contributed by atoms with Crippen molar-refractivity contribution in [3.8, 4) is 0 Å². The van der Waals surface area contributed by atoms with E-state index >= 15 is 0 Å². The Balaban J connectivity index is 1.71. The molecule has 0 fully saturated rings. The molecule has 2 aromatic rings. The first-order valence-electron chi connectivity index (χ1n) is 7.94. The van der Waals surface area contributed by atoms with Crippen molar-refractivity contribution in [3.63, 3.8) is 0 Å². The quantitative estimate of drug-likeness (QED) is 0.914. The Hall–Kier alpha value is -2.66. The minimum atomic E-state index is -0.895. The van der Waals surface area contributed by atoms with E-state index in [1.807, 2.05) is 48.4 Å². The Bertz CT molecular complexity index is 966. The lowest BCUT2D eigenvalue weighted by molar-refractivity contribution is -0.133. The first-order valence-corrected chi connectivity index (χ1v) is 8.32. The second-order valence-electron chi connectivity index (χ2n) is 6.52. The fourth-order valence-electron chi connectivity index (χ4n) is 3.52. The Morgan fingerprint density at radius 1 is 1.40 bits per heavy atom. The summed E-state index contributed by atoms with van der Waals surface area (Å²) in [4.78, 5) is 22.2. The molecule has 1 N–H and O–H groups in total. The molecule has 0 saturated heterocycles. The minimum Gasteiger partial charge on any atom is -0.478 e. The summed E-state index contributed by atoms with van der Waals surface area (Å²) in [6, 6.07) is 7.87. The molecule has 0 bridgehead atoms. The molecule has 126 valence electrons. The number of carboxylic acids is 1. The largest absolute Gasteiger partial charge is 0.478 e. The van der Waals surface area contributed by atoms with E-state index in [9.17, 15) is 9.90 Å². The van der Waals surface area contributed by atoms with E-state index in [0.717, 1.165) is 16.5 Å². The number of benzene rings is 1. The summed E-state index contributed by atoms with van der Waals surface area (Å²) in [6.45, 7) is 2.59. The maximum absolute atomic E-state index is 11.6. The lowest BCUT2D eigenvalue weighted by Crippen LogP contribution is -2.47. The molecule has 5 nitrogen and oxygen atoms in total. The number of hydrogen-bond acceptors (Lipinski definition) is 4. The van der Waals surface area contributed by atoms with Gasteiger partial charge in [0.15, 0.2) is 0 Å². The minimum absolute atomic E-state index is 0.209. The number of pyridine rings is 1. The molecular formula is C19H16ClN3O2. The Labute approximate surface area is 150 Å². The van der Waals surface area contributed by atoms with Gasteiger partial charge in [-0.1, -0.05) is 23.7 Å². The van der Waals surface area contributed by atoms with Crippen LogP contribution in [-0.4, -0.2) is 32.7 Å². The number of aliphatic imine (C=N–C) groups is 1. The van der Waals surface area contributed by atoms with E-state index in [1.165, 1.54) is 0 Å². The van der Waals surface area contributed by atoms with Gasteiger partial charge in [-0.15, -0.1) is 0 Å².